The normalized spacial score (nSPS) is 10.7. The van der Waals surface area contributed by atoms with Gasteiger partial charge in [-0.05, 0) is 18.2 Å². The molecular weight excluding hydrogens is 279 g/mol. The van der Waals surface area contributed by atoms with E-state index in [1.165, 1.54) is 6.07 Å². The van der Waals surface area contributed by atoms with E-state index in [4.69, 9.17) is 21.9 Å². The SMILES string of the molecule is Nc1noc(-c2ccccc2F)c1-c1ccccc1Cl. The summed E-state index contributed by atoms with van der Waals surface area (Å²) in [6.45, 7) is 0. The Balaban J connectivity index is 2.26. The number of nitrogens with two attached hydrogens (primary N) is 1. The van der Waals surface area contributed by atoms with Gasteiger partial charge in [0.25, 0.3) is 0 Å². The summed E-state index contributed by atoms with van der Waals surface area (Å²) in [4.78, 5) is 0. The molecule has 20 heavy (non-hydrogen) atoms. The first-order valence-electron chi connectivity index (χ1n) is 5.93. The molecule has 0 saturated heterocycles. The Kier molecular flexibility index (Phi) is 3.16. The minimum atomic E-state index is -0.406. The summed E-state index contributed by atoms with van der Waals surface area (Å²) in [6.07, 6.45) is 0. The molecule has 2 aromatic carbocycles. The number of halogens is 2. The number of aromatic nitrogens is 1. The summed E-state index contributed by atoms with van der Waals surface area (Å²) in [6, 6.07) is 13.4. The lowest BCUT2D eigenvalue weighted by molar-refractivity contribution is 0.433. The third-order valence-corrected chi connectivity index (χ3v) is 3.31. The van der Waals surface area contributed by atoms with Gasteiger partial charge in [0, 0.05) is 10.6 Å². The van der Waals surface area contributed by atoms with Crippen molar-refractivity contribution in [1.82, 2.24) is 5.16 Å². The van der Waals surface area contributed by atoms with Crippen LogP contribution in [0, 0.1) is 5.82 Å². The molecule has 0 bridgehead atoms. The van der Waals surface area contributed by atoms with Gasteiger partial charge >= 0.3 is 0 Å². The summed E-state index contributed by atoms with van der Waals surface area (Å²) in [5.41, 5.74) is 7.30. The Morgan fingerprint density at radius 2 is 1.65 bits per heavy atom. The van der Waals surface area contributed by atoms with E-state index in [-0.39, 0.29) is 11.6 Å². The lowest BCUT2D eigenvalue weighted by Crippen LogP contribution is -1.90. The predicted molar refractivity (Wildman–Crippen MR) is 76.8 cm³/mol. The van der Waals surface area contributed by atoms with E-state index < -0.39 is 5.82 Å². The molecule has 0 spiro atoms. The van der Waals surface area contributed by atoms with Gasteiger partial charge in [0.1, 0.15) is 5.82 Å². The Bertz CT molecular complexity index is 770. The van der Waals surface area contributed by atoms with Crippen LogP contribution >= 0.6 is 11.6 Å². The monoisotopic (exact) mass is 288 g/mol. The zero-order valence-corrected chi connectivity index (χ0v) is 11.1. The molecule has 0 aliphatic carbocycles. The zero-order valence-electron chi connectivity index (χ0n) is 10.3. The minimum Gasteiger partial charge on any atom is -0.380 e. The average Bonchev–Trinajstić information content (AvgIpc) is 2.82. The van der Waals surface area contributed by atoms with E-state index in [9.17, 15) is 4.39 Å². The maximum atomic E-state index is 13.9. The van der Waals surface area contributed by atoms with Gasteiger partial charge in [-0.25, -0.2) is 4.39 Å². The van der Waals surface area contributed by atoms with Crippen molar-refractivity contribution < 1.29 is 8.91 Å². The van der Waals surface area contributed by atoms with Crippen molar-refractivity contribution in [2.24, 2.45) is 0 Å². The summed E-state index contributed by atoms with van der Waals surface area (Å²) in [5, 5.41) is 4.23. The highest BCUT2D eigenvalue weighted by Gasteiger charge is 2.21. The van der Waals surface area contributed by atoms with Gasteiger partial charge in [0.2, 0.25) is 0 Å². The van der Waals surface area contributed by atoms with Crippen LogP contribution in [-0.2, 0) is 0 Å². The molecule has 1 heterocycles. The van der Waals surface area contributed by atoms with Crippen LogP contribution in [0.15, 0.2) is 53.1 Å². The number of hydrogen-bond acceptors (Lipinski definition) is 3. The minimum absolute atomic E-state index is 0.177. The molecule has 3 aromatic rings. The second-order valence-corrected chi connectivity index (χ2v) is 4.64. The van der Waals surface area contributed by atoms with Crippen LogP contribution in [-0.4, -0.2) is 5.16 Å². The van der Waals surface area contributed by atoms with Crippen molar-refractivity contribution in [3.8, 4) is 22.5 Å². The third-order valence-electron chi connectivity index (χ3n) is 2.98. The first-order chi connectivity index (χ1) is 9.68. The Hall–Kier alpha value is -2.33. The fourth-order valence-electron chi connectivity index (χ4n) is 2.06. The van der Waals surface area contributed by atoms with Gasteiger partial charge in [-0.2, -0.15) is 0 Å². The number of hydrogen-bond donors (Lipinski definition) is 1. The van der Waals surface area contributed by atoms with Crippen LogP contribution in [0.3, 0.4) is 0 Å². The molecule has 0 aliphatic heterocycles. The van der Waals surface area contributed by atoms with Gasteiger partial charge in [-0.1, -0.05) is 47.1 Å². The Morgan fingerprint density at radius 1 is 1.00 bits per heavy atom. The van der Waals surface area contributed by atoms with Gasteiger partial charge in [-0.3, -0.25) is 0 Å². The highest BCUT2D eigenvalue weighted by atomic mass is 35.5. The maximum absolute atomic E-state index is 13.9. The van der Waals surface area contributed by atoms with Gasteiger partial charge in [0.05, 0.1) is 11.1 Å². The van der Waals surface area contributed by atoms with E-state index in [0.29, 0.717) is 21.7 Å². The lowest BCUT2D eigenvalue weighted by atomic mass is 10.0. The predicted octanol–water partition coefficient (Wildman–Crippen LogP) is 4.38. The molecule has 100 valence electrons. The van der Waals surface area contributed by atoms with Gasteiger partial charge in [-0.15, -0.1) is 0 Å². The van der Waals surface area contributed by atoms with Gasteiger partial charge in [0.15, 0.2) is 11.6 Å². The third kappa shape index (κ3) is 2.04. The highest BCUT2D eigenvalue weighted by Crippen LogP contribution is 2.40. The van der Waals surface area contributed by atoms with Gasteiger partial charge < -0.3 is 10.3 Å². The summed E-state index contributed by atoms with van der Waals surface area (Å²) in [7, 11) is 0. The van der Waals surface area contributed by atoms with E-state index in [1.807, 2.05) is 6.07 Å². The topological polar surface area (TPSA) is 52.0 Å². The molecule has 3 nitrogen and oxygen atoms in total. The molecule has 2 N–H and O–H groups in total. The molecule has 5 heteroatoms. The number of nitrogen functional groups attached to an aromatic ring is 1. The molecule has 0 amide bonds. The van der Waals surface area contributed by atoms with Crippen LogP contribution < -0.4 is 5.73 Å². The first kappa shape index (κ1) is 12.7. The summed E-state index contributed by atoms with van der Waals surface area (Å²) >= 11 is 6.17. The van der Waals surface area contributed by atoms with Crippen LogP contribution in [0.25, 0.3) is 22.5 Å². The number of rotatable bonds is 2. The Morgan fingerprint density at radius 3 is 2.35 bits per heavy atom. The fraction of sp³-hybridized carbons (Fsp3) is 0. The maximum Gasteiger partial charge on any atom is 0.179 e. The van der Waals surface area contributed by atoms with Crippen molar-refractivity contribution in [3.05, 3.63) is 59.4 Å². The van der Waals surface area contributed by atoms with Crippen molar-refractivity contribution in [2.45, 2.75) is 0 Å². The van der Waals surface area contributed by atoms with Crippen LogP contribution in [0.2, 0.25) is 5.02 Å². The van der Waals surface area contributed by atoms with E-state index in [0.717, 1.165) is 0 Å². The molecule has 0 atom stereocenters. The molecule has 3 rings (SSSR count). The largest absolute Gasteiger partial charge is 0.380 e. The van der Waals surface area contributed by atoms with Crippen molar-refractivity contribution in [1.29, 1.82) is 0 Å². The first-order valence-corrected chi connectivity index (χ1v) is 6.31. The van der Waals surface area contributed by atoms with Crippen molar-refractivity contribution >= 4 is 17.4 Å². The van der Waals surface area contributed by atoms with E-state index in [1.54, 1.807) is 36.4 Å². The summed E-state index contributed by atoms with van der Waals surface area (Å²) < 4.78 is 19.1. The smallest absolute Gasteiger partial charge is 0.179 e. The van der Waals surface area contributed by atoms with Crippen LogP contribution in [0.4, 0.5) is 10.2 Å². The molecule has 0 fully saturated rings. The number of nitrogens with zero attached hydrogens (tertiary/aromatic N) is 1. The quantitative estimate of drug-likeness (QED) is 0.761. The average molecular weight is 289 g/mol. The van der Waals surface area contributed by atoms with E-state index >= 15 is 0 Å². The number of anilines is 1. The standard InChI is InChI=1S/C15H10ClFN2O/c16-11-7-3-1-5-9(11)13-14(20-19-15(13)18)10-6-2-4-8-12(10)17/h1-8H,(H2,18,19). The molecule has 1 aromatic heterocycles. The van der Waals surface area contributed by atoms with Crippen molar-refractivity contribution in [2.75, 3.05) is 5.73 Å². The second-order valence-electron chi connectivity index (χ2n) is 4.23. The Labute approximate surface area is 119 Å². The number of benzene rings is 2. The van der Waals surface area contributed by atoms with Crippen LogP contribution in [0.5, 0.6) is 0 Å². The zero-order chi connectivity index (χ0) is 14.1. The summed E-state index contributed by atoms with van der Waals surface area (Å²) in [5.74, 6) is 0.0435. The molecule has 0 saturated carbocycles. The molecule has 0 unspecified atom stereocenters. The molecule has 0 radical (unpaired) electrons. The lowest BCUT2D eigenvalue weighted by Gasteiger charge is -2.05. The van der Waals surface area contributed by atoms with E-state index in [2.05, 4.69) is 5.16 Å². The molecular formula is C15H10ClFN2O. The van der Waals surface area contributed by atoms with Crippen molar-refractivity contribution in [3.63, 3.8) is 0 Å². The van der Waals surface area contributed by atoms with Crippen LogP contribution in [0.1, 0.15) is 0 Å². The highest BCUT2D eigenvalue weighted by molar-refractivity contribution is 6.33. The fourth-order valence-corrected chi connectivity index (χ4v) is 2.29. The molecule has 0 aliphatic rings. The second kappa shape index (κ2) is 4.98.